The summed E-state index contributed by atoms with van der Waals surface area (Å²) in [5.41, 5.74) is 1.67. The number of hydrogen-bond acceptors (Lipinski definition) is 3. The predicted molar refractivity (Wildman–Crippen MR) is 96.7 cm³/mol. The molecule has 0 unspecified atom stereocenters. The first-order chi connectivity index (χ1) is 9.79. The largest absolute Gasteiger partial charge is 0.365 e. The van der Waals surface area contributed by atoms with E-state index in [1.165, 1.54) is 12.7 Å². The highest BCUT2D eigenvalue weighted by Gasteiger charge is 1.96. The van der Waals surface area contributed by atoms with E-state index < -0.39 is 0 Å². The lowest BCUT2D eigenvalue weighted by molar-refractivity contribution is 0.270. The fourth-order valence-corrected chi connectivity index (χ4v) is 0.911. The van der Waals surface area contributed by atoms with Gasteiger partial charge in [-0.2, -0.15) is 12.6 Å². The van der Waals surface area contributed by atoms with Gasteiger partial charge >= 0.3 is 0 Å². The first-order valence-corrected chi connectivity index (χ1v) is 7.66. The first-order valence-electron chi connectivity index (χ1n) is 6.77. The molecule has 0 heterocycles. The number of oxime groups is 1. The molecule has 0 amide bonds. The lowest BCUT2D eigenvalue weighted by Crippen LogP contribution is -1.95. The molecule has 20 heavy (non-hydrogen) atoms. The zero-order valence-electron chi connectivity index (χ0n) is 13.5. The zero-order chi connectivity index (χ0) is 16.2. The van der Waals surface area contributed by atoms with E-state index in [4.69, 9.17) is 4.84 Å². The molecule has 1 aromatic carbocycles. The van der Waals surface area contributed by atoms with Crippen LogP contribution in [0.5, 0.6) is 0 Å². The van der Waals surface area contributed by atoms with Gasteiger partial charge in [0.1, 0.15) is 12.0 Å². The molecular weight excluding hydrogens is 266 g/mol. The van der Waals surface area contributed by atoms with Gasteiger partial charge in [-0.25, -0.2) is 0 Å². The molecule has 114 valence electrons. The molecule has 0 aliphatic rings. The van der Waals surface area contributed by atoms with Crippen LogP contribution in [0.2, 0.25) is 0 Å². The Morgan fingerprint density at radius 1 is 1.15 bits per heavy atom. The van der Waals surface area contributed by atoms with E-state index >= 15 is 0 Å². The van der Waals surface area contributed by atoms with Gasteiger partial charge < -0.3 is 4.84 Å². The van der Waals surface area contributed by atoms with Gasteiger partial charge in [-0.05, 0) is 12.3 Å². The summed E-state index contributed by atoms with van der Waals surface area (Å²) in [6, 6.07) is 9.68. The van der Waals surface area contributed by atoms with Gasteiger partial charge in [0, 0.05) is 5.56 Å². The fraction of sp³-hybridized carbons (Fsp3) is 0.353. The van der Waals surface area contributed by atoms with Crippen molar-refractivity contribution in [2.24, 2.45) is 5.16 Å². The maximum absolute atomic E-state index is 4.72. The number of nitrogens with zero attached hydrogens (tertiary/aromatic N) is 1. The van der Waals surface area contributed by atoms with Gasteiger partial charge in [-0.1, -0.05) is 82.8 Å². The summed E-state index contributed by atoms with van der Waals surface area (Å²) in [7, 11) is 0. The molecule has 0 bridgehead atoms. The van der Waals surface area contributed by atoms with E-state index in [0.29, 0.717) is 5.71 Å². The van der Waals surface area contributed by atoms with Gasteiger partial charge in [0.15, 0.2) is 0 Å². The van der Waals surface area contributed by atoms with Crippen molar-refractivity contribution in [3.8, 4) is 0 Å². The standard InChI is InChI=1S/C11H11NO.C3H8.C2H6.CH4S/c1-3-11(12-13-4-2)10-8-6-5-7-9-10;1-3-2;2*1-2/h3-9H,1-2H2;3H2,1-2H3;1-2H3;2H,1H3/b12-11+;;;. The van der Waals surface area contributed by atoms with Gasteiger partial charge in [0.2, 0.25) is 0 Å². The minimum Gasteiger partial charge on any atom is -0.365 e. The molecule has 0 saturated heterocycles. The second kappa shape index (κ2) is 22.7. The summed E-state index contributed by atoms with van der Waals surface area (Å²) in [5, 5.41) is 3.81. The van der Waals surface area contributed by atoms with Crippen LogP contribution in [0.15, 0.2) is 61.0 Å². The van der Waals surface area contributed by atoms with E-state index in [2.05, 4.69) is 44.8 Å². The van der Waals surface area contributed by atoms with Crippen molar-refractivity contribution in [1.82, 2.24) is 0 Å². The minimum atomic E-state index is 0.695. The normalized spacial score (nSPS) is 8.40. The van der Waals surface area contributed by atoms with E-state index in [0.717, 1.165) is 5.56 Å². The van der Waals surface area contributed by atoms with E-state index in [1.54, 1.807) is 12.3 Å². The van der Waals surface area contributed by atoms with Crippen molar-refractivity contribution < 1.29 is 4.84 Å². The van der Waals surface area contributed by atoms with Crippen molar-refractivity contribution in [2.45, 2.75) is 34.1 Å². The SMILES string of the molecule is C=CO/N=C(\C=C)c1ccccc1.CC.CCC.CS. The Bertz CT molecular complexity index is 334. The van der Waals surface area contributed by atoms with Crippen LogP contribution in [0.4, 0.5) is 0 Å². The minimum absolute atomic E-state index is 0.695. The summed E-state index contributed by atoms with van der Waals surface area (Å²) in [6.45, 7) is 15.3. The maximum atomic E-state index is 4.72. The third kappa shape index (κ3) is 14.6. The first kappa shape index (κ1) is 23.6. The van der Waals surface area contributed by atoms with Crippen LogP contribution < -0.4 is 0 Å². The van der Waals surface area contributed by atoms with Crippen LogP contribution in [-0.2, 0) is 4.84 Å². The Balaban J connectivity index is -0.000000355. The number of benzene rings is 1. The Hall–Kier alpha value is -1.48. The monoisotopic (exact) mass is 295 g/mol. The molecule has 0 N–H and O–H groups in total. The van der Waals surface area contributed by atoms with Crippen LogP contribution >= 0.6 is 12.6 Å². The number of allylic oxidation sites excluding steroid dienone is 1. The molecule has 0 spiro atoms. The Kier molecular flexibility index (Phi) is 26.8. The quantitative estimate of drug-likeness (QED) is 0.326. The summed E-state index contributed by atoms with van der Waals surface area (Å²) in [5.74, 6) is 0. The third-order valence-electron chi connectivity index (χ3n) is 1.49. The van der Waals surface area contributed by atoms with Crippen molar-refractivity contribution in [1.29, 1.82) is 0 Å². The summed E-state index contributed by atoms with van der Waals surface area (Å²) in [6.07, 6.45) is 5.85. The molecule has 0 radical (unpaired) electrons. The van der Waals surface area contributed by atoms with Crippen molar-refractivity contribution >= 4 is 18.3 Å². The highest BCUT2D eigenvalue weighted by atomic mass is 32.1. The molecule has 2 nitrogen and oxygen atoms in total. The second-order valence-electron chi connectivity index (χ2n) is 3.03. The Labute approximate surface area is 130 Å². The average Bonchev–Trinajstić information content (AvgIpc) is 2.54. The van der Waals surface area contributed by atoms with E-state index in [9.17, 15) is 0 Å². The van der Waals surface area contributed by atoms with Crippen molar-refractivity contribution in [3.05, 3.63) is 61.4 Å². The number of thiol groups is 1. The van der Waals surface area contributed by atoms with Crippen molar-refractivity contribution in [2.75, 3.05) is 6.26 Å². The highest BCUT2D eigenvalue weighted by Crippen LogP contribution is 2.02. The van der Waals surface area contributed by atoms with Gasteiger partial charge in [-0.3, -0.25) is 0 Å². The zero-order valence-corrected chi connectivity index (χ0v) is 14.4. The molecule has 0 fully saturated rings. The van der Waals surface area contributed by atoms with Gasteiger partial charge in [0.25, 0.3) is 0 Å². The van der Waals surface area contributed by atoms with Crippen LogP contribution in [0.3, 0.4) is 0 Å². The van der Waals surface area contributed by atoms with Gasteiger partial charge in [-0.15, -0.1) is 0 Å². The van der Waals surface area contributed by atoms with Gasteiger partial charge in [0.05, 0.1) is 0 Å². The lowest BCUT2D eigenvalue weighted by Gasteiger charge is -1.98. The molecule has 0 aliphatic heterocycles. The molecule has 0 atom stereocenters. The molecule has 3 heteroatoms. The smallest absolute Gasteiger partial charge is 0.114 e. The summed E-state index contributed by atoms with van der Waals surface area (Å²) >= 11 is 3.53. The van der Waals surface area contributed by atoms with E-state index in [-0.39, 0.29) is 0 Å². The molecule has 0 saturated carbocycles. The Morgan fingerprint density at radius 2 is 1.60 bits per heavy atom. The predicted octanol–water partition coefficient (Wildman–Crippen LogP) is 5.73. The third-order valence-corrected chi connectivity index (χ3v) is 1.49. The average molecular weight is 295 g/mol. The van der Waals surface area contributed by atoms with Crippen LogP contribution in [0, 0.1) is 0 Å². The maximum Gasteiger partial charge on any atom is 0.114 e. The topological polar surface area (TPSA) is 21.6 Å². The summed E-state index contributed by atoms with van der Waals surface area (Å²) in [4.78, 5) is 4.72. The number of rotatable bonds is 4. The molecule has 1 aromatic rings. The second-order valence-corrected chi connectivity index (χ2v) is 3.03. The molecule has 1 rings (SSSR count). The number of hydrogen-bond donors (Lipinski definition) is 1. The molecular formula is C17H29NOS. The van der Waals surface area contributed by atoms with Crippen LogP contribution in [0.1, 0.15) is 39.7 Å². The Morgan fingerprint density at radius 3 is 1.95 bits per heavy atom. The highest BCUT2D eigenvalue weighted by molar-refractivity contribution is 7.79. The van der Waals surface area contributed by atoms with Crippen LogP contribution in [-0.4, -0.2) is 12.0 Å². The molecule has 0 aliphatic carbocycles. The fourth-order valence-electron chi connectivity index (χ4n) is 0.911. The van der Waals surface area contributed by atoms with Crippen molar-refractivity contribution in [3.63, 3.8) is 0 Å². The summed E-state index contributed by atoms with van der Waals surface area (Å²) < 4.78 is 0. The lowest BCUT2D eigenvalue weighted by atomic mass is 10.1. The van der Waals surface area contributed by atoms with E-state index in [1.807, 2.05) is 44.2 Å². The molecule has 0 aromatic heterocycles. The van der Waals surface area contributed by atoms with Crippen LogP contribution in [0.25, 0.3) is 0 Å².